The van der Waals surface area contributed by atoms with Crippen LogP contribution in [0.1, 0.15) is 0 Å². The lowest BCUT2D eigenvalue weighted by atomic mass is 9.96. The standard InChI is InChI=1S/C20H13NO/c22-19-11-13-6-8-17-16-7-5-12-3-1-2-4-14(12)15(16)9-10-18(17)20(13)21-19/h1-11,21-22H. The first-order chi connectivity index (χ1) is 10.8. The number of aromatic nitrogens is 1. The maximum atomic E-state index is 9.71. The Kier molecular flexibility index (Phi) is 2.12. The van der Waals surface area contributed by atoms with Gasteiger partial charge in [0.15, 0.2) is 5.88 Å². The molecule has 1 aromatic heterocycles. The fraction of sp³-hybridized carbons (Fsp3) is 0. The predicted octanol–water partition coefficient (Wildman–Crippen LogP) is 5.33. The number of aromatic hydroxyl groups is 1. The highest BCUT2D eigenvalue weighted by molar-refractivity contribution is 6.21. The molecule has 0 aliphatic rings. The van der Waals surface area contributed by atoms with Gasteiger partial charge in [-0.15, -0.1) is 0 Å². The Bertz CT molecular complexity index is 1180. The maximum absolute atomic E-state index is 9.71. The van der Waals surface area contributed by atoms with Crippen LogP contribution in [0.4, 0.5) is 0 Å². The topological polar surface area (TPSA) is 36.0 Å². The number of rotatable bonds is 0. The van der Waals surface area contributed by atoms with Crippen molar-refractivity contribution in [2.24, 2.45) is 0 Å². The molecule has 5 aromatic rings. The van der Waals surface area contributed by atoms with Crippen molar-refractivity contribution in [2.75, 3.05) is 0 Å². The molecule has 0 unspecified atom stereocenters. The zero-order chi connectivity index (χ0) is 14.7. The normalized spacial score (nSPS) is 11.8. The molecule has 0 aliphatic heterocycles. The first-order valence-electron chi connectivity index (χ1n) is 7.36. The first-order valence-corrected chi connectivity index (χ1v) is 7.36. The summed E-state index contributed by atoms with van der Waals surface area (Å²) in [5, 5.41) is 18.1. The van der Waals surface area contributed by atoms with Crippen LogP contribution in [0.3, 0.4) is 0 Å². The smallest absolute Gasteiger partial charge is 0.189 e. The molecule has 0 spiro atoms. The summed E-state index contributed by atoms with van der Waals surface area (Å²) in [4.78, 5) is 3.06. The summed E-state index contributed by atoms with van der Waals surface area (Å²) in [7, 11) is 0. The second-order valence-electron chi connectivity index (χ2n) is 5.73. The van der Waals surface area contributed by atoms with Crippen molar-refractivity contribution in [1.29, 1.82) is 0 Å². The maximum Gasteiger partial charge on any atom is 0.189 e. The van der Waals surface area contributed by atoms with Crippen molar-refractivity contribution in [3.8, 4) is 5.88 Å². The third-order valence-corrected chi connectivity index (χ3v) is 4.50. The Balaban J connectivity index is 2.03. The summed E-state index contributed by atoms with van der Waals surface area (Å²) in [6, 6.07) is 23.1. The molecule has 2 heteroatoms. The van der Waals surface area contributed by atoms with Gasteiger partial charge in [-0.3, -0.25) is 0 Å². The first kappa shape index (κ1) is 11.6. The van der Waals surface area contributed by atoms with Gasteiger partial charge in [0, 0.05) is 16.8 Å². The Labute approximate surface area is 126 Å². The fourth-order valence-corrected chi connectivity index (χ4v) is 3.49. The average Bonchev–Trinajstić information content (AvgIpc) is 2.94. The quantitative estimate of drug-likeness (QED) is 0.370. The third-order valence-electron chi connectivity index (χ3n) is 4.50. The van der Waals surface area contributed by atoms with Crippen molar-refractivity contribution in [2.45, 2.75) is 0 Å². The summed E-state index contributed by atoms with van der Waals surface area (Å²) < 4.78 is 0. The summed E-state index contributed by atoms with van der Waals surface area (Å²) >= 11 is 0. The molecular formula is C20H13NO. The molecule has 0 saturated heterocycles. The van der Waals surface area contributed by atoms with Gasteiger partial charge < -0.3 is 10.1 Å². The van der Waals surface area contributed by atoms with Gasteiger partial charge in [0.25, 0.3) is 0 Å². The predicted molar refractivity (Wildman–Crippen MR) is 92.5 cm³/mol. The van der Waals surface area contributed by atoms with E-state index < -0.39 is 0 Å². The Hall–Kier alpha value is -3.00. The van der Waals surface area contributed by atoms with Gasteiger partial charge >= 0.3 is 0 Å². The largest absolute Gasteiger partial charge is 0.495 e. The fourth-order valence-electron chi connectivity index (χ4n) is 3.49. The van der Waals surface area contributed by atoms with E-state index in [4.69, 9.17) is 0 Å². The van der Waals surface area contributed by atoms with Crippen molar-refractivity contribution < 1.29 is 5.11 Å². The minimum atomic E-state index is 0.209. The highest BCUT2D eigenvalue weighted by atomic mass is 16.3. The zero-order valence-electron chi connectivity index (χ0n) is 11.8. The van der Waals surface area contributed by atoms with E-state index in [9.17, 15) is 5.11 Å². The molecule has 2 nitrogen and oxygen atoms in total. The van der Waals surface area contributed by atoms with Crippen molar-refractivity contribution in [1.82, 2.24) is 4.98 Å². The van der Waals surface area contributed by atoms with Crippen LogP contribution in [0, 0.1) is 0 Å². The number of hydrogen-bond donors (Lipinski definition) is 2. The molecule has 0 amide bonds. The van der Waals surface area contributed by atoms with Crippen molar-refractivity contribution in [3.05, 3.63) is 66.7 Å². The molecule has 22 heavy (non-hydrogen) atoms. The van der Waals surface area contributed by atoms with Gasteiger partial charge in [0.2, 0.25) is 0 Å². The number of hydrogen-bond acceptors (Lipinski definition) is 1. The van der Waals surface area contributed by atoms with Gasteiger partial charge in [0.1, 0.15) is 0 Å². The second kappa shape index (κ2) is 4.01. The lowest BCUT2D eigenvalue weighted by Crippen LogP contribution is -1.81. The molecule has 0 saturated carbocycles. The molecule has 1 heterocycles. The highest BCUT2D eigenvalue weighted by Gasteiger charge is 2.08. The number of fused-ring (bicyclic) bond motifs is 7. The van der Waals surface area contributed by atoms with Crippen molar-refractivity contribution in [3.63, 3.8) is 0 Å². The summed E-state index contributed by atoms with van der Waals surface area (Å²) in [5.41, 5.74) is 0.991. The SMILES string of the molecule is Oc1cc2ccc3c4ccc5ccccc5c4ccc3c2[nH]1. The molecule has 5 rings (SSSR count). The van der Waals surface area contributed by atoms with E-state index in [2.05, 4.69) is 65.6 Å². The average molecular weight is 283 g/mol. The van der Waals surface area contributed by atoms with Crippen molar-refractivity contribution >= 4 is 43.2 Å². The van der Waals surface area contributed by atoms with Crippen LogP contribution in [-0.2, 0) is 0 Å². The summed E-state index contributed by atoms with van der Waals surface area (Å²) in [6.07, 6.45) is 0. The summed E-state index contributed by atoms with van der Waals surface area (Å²) in [6.45, 7) is 0. The molecule has 0 radical (unpaired) electrons. The van der Waals surface area contributed by atoms with Gasteiger partial charge in [-0.2, -0.15) is 0 Å². The van der Waals surface area contributed by atoms with Gasteiger partial charge in [-0.1, -0.05) is 60.7 Å². The van der Waals surface area contributed by atoms with Gasteiger partial charge in [-0.25, -0.2) is 0 Å². The van der Waals surface area contributed by atoms with E-state index in [1.54, 1.807) is 6.07 Å². The molecule has 0 bridgehead atoms. The summed E-state index contributed by atoms with van der Waals surface area (Å²) in [5.74, 6) is 0.209. The van der Waals surface area contributed by atoms with E-state index in [0.717, 1.165) is 16.3 Å². The third kappa shape index (κ3) is 1.44. The second-order valence-corrected chi connectivity index (χ2v) is 5.73. The molecule has 0 atom stereocenters. The molecule has 0 aliphatic carbocycles. The number of aromatic amines is 1. The van der Waals surface area contributed by atoms with Gasteiger partial charge in [-0.05, 0) is 26.9 Å². The minimum Gasteiger partial charge on any atom is -0.495 e. The van der Waals surface area contributed by atoms with E-state index in [-0.39, 0.29) is 5.88 Å². The number of H-pyrrole nitrogens is 1. The van der Waals surface area contributed by atoms with E-state index in [1.165, 1.54) is 26.9 Å². The molecule has 104 valence electrons. The molecule has 2 N–H and O–H groups in total. The van der Waals surface area contributed by atoms with Crippen LogP contribution in [0.5, 0.6) is 5.88 Å². The Morgan fingerprint density at radius 1 is 0.591 bits per heavy atom. The van der Waals surface area contributed by atoms with Crippen LogP contribution >= 0.6 is 0 Å². The van der Waals surface area contributed by atoms with E-state index >= 15 is 0 Å². The minimum absolute atomic E-state index is 0.209. The molecule has 0 fully saturated rings. The van der Waals surface area contributed by atoms with Crippen LogP contribution < -0.4 is 0 Å². The lowest BCUT2D eigenvalue weighted by molar-refractivity contribution is 0.458. The highest BCUT2D eigenvalue weighted by Crippen LogP contribution is 2.35. The Morgan fingerprint density at radius 3 is 2.14 bits per heavy atom. The molecule has 4 aromatic carbocycles. The van der Waals surface area contributed by atoms with Crippen LogP contribution in [0.2, 0.25) is 0 Å². The van der Waals surface area contributed by atoms with Crippen LogP contribution in [-0.4, -0.2) is 10.1 Å². The number of benzene rings is 4. The van der Waals surface area contributed by atoms with Crippen LogP contribution in [0.15, 0.2) is 66.7 Å². The lowest BCUT2D eigenvalue weighted by Gasteiger charge is -2.08. The van der Waals surface area contributed by atoms with Crippen LogP contribution in [0.25, 0.3) is 43.2 Å². The zero-order valence-corrected chi connectivity index (χ0v) is 11.8. The van der Waals surface area contributed by atoms with E-state index in [0.29, 0.717) is 0 Å². The monoisotopic (exact) mass is 283 g/mol. The number of nitrogens with one attached hydrogen (secondary N) is 1. The Morgan fingerprint density at radius 2 is 1.23 bits per heavy atom. The van der Waals surface area contributed by atoms with E-state index in [1.807, 2.05) is 0 Å². The van der Waals surface area contributed by atoms with Gasteiger partial charge in [0.05, 0.1) is 5.52 Å². The molecular weight excluding hydrogens is 270 g/mol.